The number of nitrogens with one attached hydrogen (secondary N) is 1. The fourth-order valence-electron chi connectivity index (χ4n) is 1.68. The number of rotatable bonds is 3. The molecular weight excluding hydrogens is 259 g/mol. The van der Waals surface area contributed by atoms with Gasteiger partial charge in [0.25, 0.3) is 0 Å². The van der Waals surface area contributed by atoms with E-state index in [1.807, 2.05) is 0 Å². The van der Waals surface area contributed by atoms with E-state index < -0.39 is 11.8 Å². The molecule has 6 heteroatoms. The molecule has 0 aliphatic rings. The molecule has 2 aromatic rings. The van der Waals surface area contributed by atoms with Crippen LogP contribution in [0.25, 0.3) is 11.3 Å². The van der Waals surface area contributed by atoms with Gasteiger partial charge in [-0.3, -0.25) is 9.89 Å². The maximum Gasteiger partial charge on any atom is 0.309 e. The second kappa shape index (κ2) is 4.78. The molecule has 0 aliphatic heterocycles. The topological polar surface area (TPSA) is 66.0 Å². The molecule has 2 rings (SSSR count). The SMILES string of the molecule is Cc1c(-c2ccc(F)c(Cl)c2)n[nH]c1CC(=O)O. The average Bonchev–Trinajstić information content (AvgIpc) is 2.64. The number of aliphatic carboxylic acids is 1. The van der Waals surface area contributed by atoms with Gasteiger partial charge in [0.2, 0.25) is 0 Å². The summed E-state index contributed by atoms with van der Waals surface area (Å²) in [7, 11) is 0. The Morgan fingerprint density at radius 2 is 2.28 bits per heavy atom. The summed E-state index contributed by atoms with van der Waals surface area (Å²) < 4.78 is 13.1. The number of nitrogens with zero attached hydrogens (tertiary/aromatic N) is 1. The third-order valence-electron chi connectivity index (χ3n) is 2.63. The highest BCUT2D eigenvalue weighted by Gasteiger charge is 2.14. The van der Waals surface area contributed by atoms with Gasteiger partial charge in [0.1, 0.15) is 5.82 Å². The van der Waals surface area contributed by atoms with Crippen LogP contribution in [0.3, 0.4) is 0 Å². The summed E-state index contributed by atoms with van der Waals surface area (Å²) in [6.45, 7) is 1.76. The summed E-state index contributed by atoms with van der Waals surface area (Å²) in [4.78, 5) is 10.6. The Bertz CT molecular complexity index is 610. The summed E-state index contributed by atoms with van der Waals surface area (Å²) in [5, 5.41) is 15.5. The highest BCUT2D eigenvalue weighted by Crippen LogP contribution is 2.27. The minimum Gasteiger partial charge on any atom is -0.481 e. The number of benzene rings is 1. The monoisotopic (exact) mass is 268 g/mol. The predicted molar refractivity (Wildman–Crippen MR) is 65.1 cm³/mol. The number of halogens is 2. The summed E-state index contributed by atoms with van der Waals surface area (Å²) in [5.41, 5.74) is 2.47. The number of hydrogen-bond acceptors (Lipinski definition) is 2. The van der Waals surface area contributed by atoms with Crippen LogP contribution < -0.4 is 0 Å². The molecule has 0 unspecified atom stereocenters. The molecule has 0 spiro atoms. The Kier molecular flexibility index (Phi) is 3.34. The summed E-state index contributed by atoms with van der Waals surface area (Å²) in [5.74, 6) is -1.44. The van der Waals surface area contributed by atoms with E-state index in [2.05, 4.69) is 10.2 Å². The van der Waals surface area contributed by atoms with Gasteiger partial charge in [0.15, 0.2) is 0 Å². The number of aromatic amines is 1. The minimum atomic E-state index is -0.939. The average molecular weight is 269 g/mol. The minimum absolute atomic E-state index is 0.00897. The van der Waals surface area contributed by atoms with Crippen molar-refractivity contribution in [2.75, 3.05) is 0 Å². The standard InChI is InChI=1S/C12H10ClFN2O2/c1-6-10(5-11(17)18)15-16-12(6)7-2-3-9(14)8(13)4-7/h2-4H,5H2,1H3,(H,15,16)(H,17,18). The Morgan fingerprint density at radius 1 is 1.56 bits per heavy atom. The summed E-state index contributed by atoms with van der Waals surface area (Å²) >= 11 is 5.70. The van der Waals surface area contributed by atoms with Gasteiger partial charge in [-0.1, -0.05) is 11.6 Å². The fourth-order valence-corrected chi connectivity index (χ4v) is 1.86. The molecular formula is C12H10ClFN2O2. The van der Waals surface area contributed by atoms with Crippen LogP contribution in [0.4, 0.5) is 4.39 Å². The lowest BCUT2D eigenvalue weighted by atomic mass is 10.1. The first-order chi connectivity index (χ1) is 8.49. The zero-order valence-corrected chi connectivity index (χ0v) is 10.3. The first kappa shape index (κ1) is 12.6. The van der Waals surface area contributed by atoms with Gasteiger partial charge >= 0.3 is 5.97 Å². The third kappa shape index (κ3) is 2.36. The lowest BCUT2D eigenvalue weighted by Gasteiger charge is -2.01. The van der Waals surface area contributed by atoms with Crippen molar-refractivity contribution < 1.29 is 14.3 Å². The smallest absolute Gasteiger partial charge is 0.309 e. The maximum absolute atomic E-state index is 13.1. The van der Waals surface area contributed by atoms with Gasteiger partial charge in [0, 0.05) is 11.3 Å². The number of aromatic nitrogens is 2. The van der Waals surface area contributed by atoms with Crippen LogP contribution >= 0.6 is 11.6 Å². The zero-order chi connectivity index (χ0) is 13.3. The normalized spacial score (nSPS) is 10.6. The molecule has 94 valence electrons. The Morgan fingerprint density at radius 3 is 2.89 bits per heavy atom. The van der Waals surface area contributed by atoms with E-state index in [4.69, 9.17) is 16.7 Å². The van der Waals surface area contributed by atoms with Crippen molar-refractivity contribution in [1.82, 2.24) is 10.2 Å². The van der Waals surface area contributed by atoms with Crippen LogP contribution in [0, 0.1) is 12.7 Å². The van der Waals surface area contributed by atoms with Gasteiger partial charge in [0.05, 0.1) is 17.1 Å². The molecule has 0 aliphatic carbocycles. The summed E-state index contributed by atoms with van der Waals surface area (Å²) in [6.07, 6.45) is -0.131. The Labute approximate surface area is 107 Å². The van der Waals surface area contributed by atoms with Crippen molar-refractivity contribution in [2.24, 2.45) is 0 Å². The van der Waals surface area contributed by atoms with Gasteiger partial charge < -0.3 is 5.11 Å². The second-order valence-electron chi connectivity index (χ2n) is 3.88. The van der Waals surface area contributed by atoms with Crippen LogP contribution in [0.15, 0.2) is 18.2 Å². The zero-order valence-electron chi connectivity index (χ0n) is 9.50. The predicted octanol–water partition coefficient (Wildman–Crippen LogP) is 2.80. The van der Waals surface area contributed by atoms with Crippen molar-refractivity contribution in [3.8, 4) is 11.3 Å². The first-order valence-corrected chi connectivity index (χ1v) is 5.58. The first-order valence-electron chi connectivity index (χ1n) is 5.20. The number of carboxylic acid groups (broad SMARTS) is 1. The van der Waals surface area contributed by atoms with E-state index in [0.29, 0.717) is 17.0 Å². The highest BCUT2D eigenvalue weighted by atomic mass is 35.5. The molecule has 1 aromatic carbocycles. The maximum atomic E-state index is 13.1. The number of hydrogen-bond donors (Lipinski definition) is 2. The van der Waals surface area contributed by atoms with Crippen molar-refractivity contribution >= 4 is 17.6 Å². The van der Waals surface area contributed by atoms with Crippen LogP contribution in [-0.4, -0.2) is 21.3 Å². The van der Waals surface area contributed by atoms with Crippen LogP contribution in [-0.2, 0) is 11.2 Å². The fraction of sp³-hybridized carbons (Fsp3) is 0.167. The van der Waals surface area contributed by atoms with Gasteiger partial charge in [-0.25, -0.2) is 4.39 Å². The molecule has 4 nitrogen and oxygen atoms in total. The molecule has 0 bridgehead atoms. The van der Waals surface area contributed by atoms with E-state index in [1.54, 1.807) is 13.0 Å². The van der Waals surface area contributed by atoms with Gasteiger partial charge in [-0.05, 0) is 30.7 Å². The van der Waals surface area contributed by atoms with Crippen LogP contribution in [0.1, 0.15) is 11.3 Å². The molecule has 0 radical (unpaired) electrons. The van der Waals surface area contributed by atoms with Gasteiger partial charge in [-0.2, -0.15) is 5.10 Å². The third-order valence-corrected chi connectivity index (χ3v) is 2.92. The van der Waals surface area contributed by atoms with Crippen molar-refractivity contribution in [3.63, 3.8) is 0 Å². The highest BCUT2D eigenvalue weighted by molar-refractivity contribution is 6.31. The molecule has 1 aromatic heterocycles. The van der Waals surface area contributed by atoms with E-state index in [0.717, 1.165) is 5.56 Å². The molecule has 0 saturated heterocycles. The summed E-state index contributed by atoms with van der Waals surface area (Å²) in [6, 6.07) is 4.27. The lowest BCUT2D eigenvalue weighted by Crippen LogP contribution is -2.01. The number of carbonyl (C=O) groups is 1. The number of H-pyrrole nitrogens is 1. The van der Waals surface area contributed by atoms with Gasteiger partial charge in [-0.15, -0.1) is 0 Å². The van der Waals surface area contributed by atoms with E-state index in [1.165, 1.54) is 12.1 Å². The van der Waals surface area contributed by atoms with Crippen LogP contribution in [0.5, 0.6) is 0 Å². The molecule has 0 amide bonds. The lowest BCUT2D eigenvalue weighted by molar-refractivity contribution is -0.136. The molecule has 0 atom stereocenters. The van der Waals surface area contributed by atoms with Crippen LogP contribution in [0.2, 0.25) is 5.02 Å². The molecule has 18 heavy (non-hydrogen) atoms. The Balaban J connectivity index is 2.42. The molecule has 2 N–H and O–H groups in total. The number of carboxylic acids is 1. The largest absolute Gasteiger partial charge is 0.481 e. The quantitative estimate of drug-likeness (QED) is 0.899. The van der Waals surface area contributed by atoms with Crippen molar-refractivity contribution in [2.45, 2.75) is 13.3 Å². The molecule has 0 saturated carbocycles. The van der Waals surface area contributed by atoms with E-state index in [9.17, 15) is 9.18 Å². The second-order valence-corrected chi connectivity index (χ2v) is 4.28. The Hall–Kier alpha value is -1.88. The molecule has 0 fully saturated rings. The van der Waals surface area contributed by atoms with Crippen molar-refractivity contribution in [3.05, 3.63) is 40.3 Å². The van der Waals surface area contributed by atoms with E-state index >= 15 is 0 Å². The van der Waals surface area contributed by atoms with Crippen molar-refractivity contribution in [1.29, 1.82) is 0 Å². The molecule has 1 heterocycles. The van der Waals surface area contributed by atoms with E-state index in [-0.39, 0.29) is 11.4 Å².